The molecule has 2 rings (SSSR count). The van der Waals surface area contributed by atoms with Crippen molar-refractivity contribution >= 4 is 11.4 Å². The van der Waals surface area contributed by atoms with E-state index in [1.165, 1.54) is 6.07 Å². The summed E-state index contributed by atoms with van der Waals surface area (Å²) in [4.78, 5) is 12.9. The highest BCUT2D eigenvalue weighted by molar-refractivity contribution is 5.64. The lowest BCUT2D eigenvalue weighted by Gasteiger charge is -2.34. The Morgan fingerprint density at radius 3 is 2.90 bits per heavy atom. The van der Waals surface area contributed by atoms with E-state index in [-0.39, 0.29) is 12.3 Å². The molecule has 1 aliphatic rings. The van der Waals surface area contributed by atoms with Crippen molar-refractivity contribution in [3.05, 3.63) is 33.9 Å². The highest BCUT2D eigenvalue weighted by Gasteiger charge is 2.26. The van der Waals surface area contributed by atoms with Crippen LogP contribution in [-0.2, 0) is 0 Å². The van der Waals surface area contributed by atoms with Gasteiger partial charge in [0.2, 0.25) is 0 Å². The Morgan fingerprint density at radius 2 is 2.29 bits per heavy atom. The Balaban J connectivity index is 2.27. The predicted octanol–water partition coefficient (Wildman–Crippen LogP) is 2.25. The van der Waals surface area contributed by atoms with Gasteiger partial charge in [0.1, 0.15) is 5.69 Å². The van der Waals surface area contributed by atoms with Crippen molar-refractivity contribution in [1.29, 1.82) is 0 Å². The minimum absolute atomic E-state index is 0.0399. The maximum atomic E-state index is 11.3. The molecule has 1 unspecified atom stereocenters. The summed E-state index contributed by atoms with van der Waals surface area (Å²) in [5.74, 6) is 0.375. The molecule has 1 heterocycles. The number of benzene rings is 1. The SMILES string of the molecule is C[C@@H](O)c1ccc(N2CCCC(CCO)C2)c([N+](=O)[O-])c1. The summed E-state index contributed by atoms with van der Waals surface area (Å²) in [5, 5.41) is 29.9. The molecule has 1 aromatic rings. The molecule has 2 N–H and O–H groups in total. The van der Waals surface area contributed by atoms with Gasteiger partial charge in [0.15, 0.2) is 0 Å². The maximum absolute atomic E-state index is 11.3. The second kappa shape index (κ2) is 6.87. The summed E-state index contributed by atoms with van der Waals surface area (Å²) in [6.07, 6.45) is 2.04. The molecule has 1 fully saturated rings. The molecular formula is C15H22N2O4. The topological polar surface area (TPSA) is 86.8 Å². The van der Waals surface area contributed by atoms with Crippen molar-refractivity contribution in [2.24, 2.45) is 5.92 Å². The Kier molecular flexibility index (Phi) is 5.14. The zero-order chi connectivity index (χ0) is 15.4. The largest absolute Gasteiger partial charge is 0.396 e. The van der Waals surface area contributed by atoms with E-state index in [9.17, 15) is 15.2 Å². The number of hydrogen-bond acceptors (Lipinski definition) is 5. The predicted molar refractivity (Wildman–Crippen MR) is 80.4 cm³/mol. The van der Waals surface area contributed by atoms with Crippen LogP contribution in [0.5, 0.6) is 0 Å². The van der Waals surface area contributed by atoms with E-state index in [1.807, 2.05) is 4.90 Å². The lowest BCUT2D eigenvalue weighted by Crippen LogP contribution is -2.36. The van der Waals surface area contributed by atoms with E-state index >= 15 is 0 Å². The molecule has 0 radical (unpaired) electrons. The van der Waals surface area contributed by atoms with Gasteiger partial charge in [-0.25, -0.2) is 0 Å². The average molecular weight is 294 g/mol. The highest BCUT2D eigenvalue weighted by atomic mass is 16.6. The van der Waals surface area contributed by atoms with Gasteiger partial charge in [0, 0.05) is 25.8 Å². The fraction of sp³-hybridized carbons (Fsp3) is 0.600. The number of aliphatic hydroxyl groups excluding tert-OH is 2. The maximum Gasteiger partial charge on any atom is 0.292 e. The smallest absolute Gasteiger partial charge is 0.292 e. The van der Waals surface area contributed by atoms with Gasteiger partial charge in [0.25, 0.3) is 5.69 Å². The number of aliphatic hydroxyl groups is 2. The molecule has 116 valence electrons. The summed E-state index contributed by atoms with van der Waals surface area (Å²) >= 11 is 0. The van der Waals surface area contributed by atoms with Gasteiger partial charge in [-0.3, -0.25) is 10.1 Å². The zero-order valence-electron chi connectivity index (χ0n) is 12.2. The number of nitro groups is 1. The first-order valence-corrected chi connectivity index (χ1v) is 7.35. The molecule has 2 atom stereocenters. The first-order chi connectivity index (χ1) is 10.0. The monoisotopic (exact) mass is 294 g/mol. The van der Waals surface area contributed by atoms with Crippen molar-refractivity contribution in [2.45, 2.75) is 32.3 Å². The average Bonchev–Trinajstić information content (AvgIpc) is 2.47. The van der Waals surface area contributed by atoms with E-state index < -0.39 is 11.0 Å². The normalized spacial score (nSPS) is 20.3. The van der Waals surface area contributed by atoms with E-state index in [0.717, 1.165) is 32.4 Å². The molecule has 0 aromatic heterocycles. The standard InChI is InChI=1S/C15H22N2O4/c1-11(19)13-4-5-14(15(9-13)17(20)21)16-7-2-3-12(10-16)6-8-18/h4-5,9,11-12,18-19H,2-3,6-8,10H2,1H3/t11-,12?/m1/s1. The number of nitro benzene ring substituents is 1. The Labute approximate surface area is 124 Å². The highest BCUT2D eigenvalue weighted by Crippen LogP contribution is 2.34. The van der Waals surface area contributed by atoms with Crippen molar-refractivity contribution in [1.82, 2.24) is 0 Å². The van der Waals surface area contributed by atoms with Gasteiger partial charge in [-0.15, -0.1) is 0 Å². The van der Waals surface area contributed by atoms with Crippen molar-refractivity contribution in [3.63, 3.8) is 0 Å². The van der Waals surface area contributed by atoms with Crippen LogP contribution in [0.2, 0.25) is 0 Å². The Hall–Kier alpha value is -1.66. The third-order valence-electron chi connectivity index (χ3n) is 4.08. The van der Waals surface area contributed by atoms with E-state index in [4.69, 9.17) is 5.11 Å². The molecule has 0 amide bonds. The van der Waals surface area contributed by atoms with Crippen LogP contribution in [0.15, 0.2) is 18.2 Å². The van der Waals surface area contributed by atoms with Crippen LogP contribution in [0.4, 0.5) is 11.4 Å². The van der Waals surface area contributed by atoms with Crippen LogP contribution in [0.1, 0.15) is 37.9 Å². The first kappa shape index (κ1) is 15.7. The number of nitrogens with zero attached hydrogens (tertiary/aromatic N) is 2. The van der Waals surface area contributed by atoms with Gasteiger partial charge in [-0.1, -0.05) is 6.07 Å². The summed E-state index contributed by atoms with van der Waals surface area (Å²) in [6, 6.07) is 4.92. The van der Waals surface area contributed by atoms with Gasteiger partial charge in [-0.2, -0.15) is 0 Å². The second-order valence-corrected chi connectivity index (χ2v) is 5.65. The summed E-state index contributed by atoms with van der Waals surface area (Å²) in [6.45, 7) is 3.27. The van der Waals surface area contributed by atoms with Crippen LogP contribution in [0.25, 0.3) is 0 Å². The summed E-state index contributed by atoms with van der Waals surface area (Å²) in [5.41, 5.74) is 1.19. The van der Waals surface area contributed by atoms with Crippen LogP contribution in [-0.4, -0.2) is 34.8 Å². The molecule has 0 bridgehead atoms. The molecular weight excluding hydrogens is 272 g/mol. The van der Waals surface area contributed by atoms with Crippen LogP contribution in [0, 0.1) is 16.0 Å². The molecule has 1 saturated heterocycles. The minimum Gasteiger partial charge on any atom is -0.396 e. The fourth-order valence-electron chi connectivity index (χ4n) is 2.92. The quantitative estimate of drug-likeness (QED) is 0.642. The third kappa shape index (κ3) is 3.71. The summed E-state index contributed by atoms with van der Waals surface area (Å²) in [7, 11) is 0. The zero-order valence-corrected chi connectivity index (χ0v) is 12.2. The van der Waals surface area contributed by atoms with Crippen molar-refractivity contribution < 1.29 is 15.1 Å². The lowest BCUT2D eigenvalue weighted by atomic mass is 9.94. The molecule has 21 heavy (non-hydrogen) atoms. The van der Waals surface area contributed by atoms with Crippen LogP contribution in [0.3, 0.4) is 0 Å². The molecule has 1 aliphatic heterocycles. The minimum atomic E-state index is -0.721. The molecule has 0 aliphatic carbocycles. The van der Waals surface area contributed by atoms with Gasteiger partial charge >= 0.3 is 0 Å². The second-order valence-electron chi connectivity index (χ2n) is 5.65. The first-order valence-electron chi connectivity index (χ1n) is 7.35. The number of rotatable bonds is 5. The Morgan fingerprint density at radius 1 is 1.52 bits per heavy atom. The number of anilines is 1. The summed E-state index contributed by atoms with van der Waals surface area (Å²) < 4.78 is 0. The van der Waals surface area contributed by atoms with Crippen molar-refractivity contribution in [2.75, 3.05) is 24.6 Å². The van der Waals surface area contributed by atoms with Gasteiger partial charge in [0.05, 0.1) is 11.0 Å². The number of piperidine rings is 1. The number of hydrogen-bond donors (Lipinski definition) is 2. The van der Waals surface area contributed by atoms with Crippen LogP contribution < -0.4 is 4.90 Å². The molecule has 0 saturated carbocycles. The fourth-order valence-corrected chi connectivity index (χ4v) is 2.92. The van der Waals surface area contributed by atoms with E-state index in [2.05, 4.69) is 0 Å². The Bertz CT molecular complexity index is 502. The van der Waals surface area contributed by atoms with Crippen molar-refractivity contribution in [3.8, 4) is 0 Å². The molecule has 6 heteroatoms. The van der Waals surface area contributed by atoms with E-state index in [1.54, 1.807) is 19.1 Å². The molecule has 1 aromatic carbocycles. The lowest BCUT2D eigenvalue weighted by molar-refractivity contribution is -0.384. The molecule has 6 nitrogen and oxygen atoms in total. The van der Waals surface area contributed by atoms with E-state index in [0.29, 0.717) is 17.2 Å². The third-order valence-corrected chi connectivity index (χ3v) is 4.08. The van der Waals surface area contributed by atoms with Gasteiger partial charge in [-0.05, 0) is 43.7 Å². The van der Waals surface area contributed by atoms with Crippen LogP contribution >= 0.6 is 0 Å². The van der Waals surface area contributed by atoms with Gasteiger partial charge < -0.3 is 15.1 Å². The molecule has 0 spiro atoms.